The van der Waals surface area contributed by atoms with Gasteiger partial charge in [0.1, 0.15) is 0 Å². The van der Waals surface area contributed by atoms with E-state index in [0.29, 0.717) is 34.5 Å². The molecule has 34 heavy (non-hydrogen) atoms. The molecule has 0 radical (unpaired) electrons. The molecule has 0 aliphatic heterocycles. The van der Waals surface area contributed by atoms with Crippen molar-refractivity contribution in [1.29, 1.82) is 0 Å². The minimum absolute atomic E-state index is 0.0525. The summed E-state index contributed by atoms with van der Waals surface area (Å²) in [5, 5.41) is 6.56. The van der Waals surface area contributed by atoms with Gasteiger partial charge in [0, 0.05) is 18.2 Å². The number of nitrogens with zero attached hydrogens (tertiary/aromatic N) is 3. The molecule has 0 spiro atoms. The molecule has 4 aromatic rings. The van der Waals surface area contributed by atoms with Crippen LogP contribution in [0.2, 0.25) is 0 Å². The zero-order valence-electron chi connectivity index (χ0n) is 18.4. The molecule has 2 heterocycles. The van der Waals surface area contributed by atoms with Gasteiger partial charge in [0.25, 0.3) is 5.91 Å². The second-order valence-electron chi connectivity index (χ2n) is 7.39. The first-order chi connectivity index (χ1) is 16.3. The predicted octanol–water partition coefficient (Wildman–Crippen LogP) is 4.40. The summed E-state index contributed by atoms with van der Waals surface area (Å²) in [6.45, 7) is 0.313. The number of rotatable bonds is 7. The van der Waals surface area contributed by atoms with Gasteiger partial charge in [-0.1, -0.05) is 30.3 Å². The lowest BCUT2D eigenvalue weighted by atomic mass is 10.1. The van der Waals surface area contributed by atoms with E-state index < -0.39 is 17.8 Å². The Labute approximate surface area is 193 Å². The van der Waals surface area contributed by atoms with E-state index in [1.165, 1.54) is 26.4 Å². The van der Waals surface area contributed by atoms with E-state index in [1.54, 1.807) is 12.1 Å². The Balaban J connectivity index is 1.66. The number of methoxy groups -OCH3 is 2. The second kappa shape index (κ2) is 9.42. The molecule has 0 bridgehead atoms. The molecular weight excluding hydrogens is 449 g/mol. The highest BCUT2D eigenvalue weighted by Crippen LogP contribution is 2.35. The van der Waals surface area contributed by atoms with E-state index in [1.807, 2.05) is 30.3 Å². The lowest BCUT2D eigenvalue weighted by Gasteiger charge is -2.12. The van der Waals surface area contributed by atoms with Crippen LogP contribution in [0.1, 0.15) is 21.7 Å². The fraction of sp³-hybridized carbons (Fsp3) is 0.208. The number of alkyl halides is 3. The molecule has 0 saturated heterocycles. The maximum absolute atomic E-state index is 13.8. The standard InChI is InChI=1S/C24H21F3N4O3/c1-33-19-9-8-16(12-20(19)34-2)17-13-21(24(25,26)27)31-22(29-17)14-18(30-31)23(32)28-11-10-15-6-4-3-5-7-15/h3-9,12-14H,10-11H2,1-2H3,(H,28,32). The van der Waals surface area contributed by atoms with Crippen molar-refractivity contribution in [2.45, 2.75) is 12.6 Å². The van der Waals surface area contributed by atoms with Gasteiger partial charge in [-0.15, -0.1) is 0 Å². The van der Waals surface area contributed by atoms with E-state index in [9.17, 15) is 18.0 Å². The Hall–Kier alpha value is -4.08. The maximum Gasteiger partial charge on any atom is 0.433 e. The lowest BCUT2D eigenvalue weighted by molar-refractivity contribution is -0.142. The fourth-order valence-electron chi connectivity index (χ4n) is 3.49. The average Bonchev–Trinajstić information content (AvgIpc) is 3.27. The smallest absolute Gasteiger partial charge is 0.433 e. The molecule has 1 amide bonds. The summed E-state index contributed by atoms with van der Waals surface area (Å²) in [6, 6.07) is 16.3. The Morgan fingerprint density at radius 1 is 1.00 bits per heavy atom. The fourth-order valence-corrected chi connectivity index (χ4v) is 3.49. The number of fused-ring (bicyclic) bond motifs is 1. The van der Waals surface area contributed by atoms with Gasteiger partial charge in [-0.2, -0.15) is 18.3 Å². The molecule has 4 rings (SSSR count). The highest BCUT2D eigenvalue weighted by atomic mass is 19.4. The number of hydrogen-bond donors (Lipinski definition) is 1. The first kappa shape index (κ1) is 23.1. The summed E-state index contributed by atoms with van der Waals surface area (Å²) >= 11 is 0. The van der Waals surface area contributed by atoms with E-state index in [-0.39, 0.29) is 17.0 Å². The van der Waals surface area contributed by atoms with Crippen LogP contribution in [0, 0.1) is 0 Å². The number of halogens is 3. The Morgan fingerprint density at radius 2 is 1.74 bits per heavy atom. The molecule has 0 saturated carbocycles. The third-order valence-corrected chi connectivity index (χ3v) is 5.17. The average molecular weight is 470 g/mol. The van der Waals surface area contributed by atoms with Crippen molar-refractivity contribution in [2.24, 2.45) is 0 Å². The first-order valence-electron chi connectivity index (χ1n) is 10.3. The number of aromatic nitrogens is 3. The molecule has 0 aliphatic carbocycles. The van der Waals surface area contributed by atoms with Crippen LogP contribution in [0.5, 0.6) is 11.5 Å². The van der Waals surface area contributed by atoms with Gasteiger partial charge in [0.2, 0.25) is 0 Å². The predicted molar refractivity (Wildman–Crippen MR) is 119 cm³/mol. The van der Waals surface area contributed by atoms with Crippen LogP contribution in [-0.2, 0) is 12.6 Å². The molecule has 0 unspecified atom stereocenters. The Bertz CT molecular complexity index is 1320. The molecule has 1 N–H and O–H groups in total. The van der Waals surface area contributed by atoms with Crippen molar-refractivity contribution in [1.82, 2.24) is 19.9 Å². The van der Waals surface area contributed by atoms with Crippen molar-refractivity contribution < 1.29 is 27.4 Å². The molecule has 2 aromatic heterocycles. The van der Waals surface area contributed by atoms with Gasteiger partial charge in [0.05, 0.1) is 19.9 Å². The third-order valence-electron chi connectivity index (χ3n) is 5.17. The lowest BCUT2D eigenvalue weighted by Crippen LogP contribution is -2.26. The SMILES string of the molecule is COc1ccc(-c2cc(C(F)(F)F)n3nc(C(=O)NCCc4ccccc4)cc3n2)cc1OC. The quantitative estimate of drug-likeness (QED) is 0.433. The van der Waals surface area contributed by atoms with Crippen LogP contribution in [0.3, 0.4) is 0 Å². The minimum atomic E-state index is -4.72. The van der Waals surface area contributed by atoms with Crippen molar-refractivity contribution >= 4 is 11.6 Å². The maximum atomic E-state index is 13.8. The Morgan fingerprint density at radius 3 is 2.41 bits per heavy atom. The van der Waals surface area contributed by atoms with Crippen LogP contribution in [0.15, 0.2) is 60.7 Å². The van der Waals surface area contributed by atoms with Gasteiger partial charge in [-0.25, -0.2) is 9.50 Å². The largest absolute Gasteiger partial charge is 0.493 e. The van der Waals surface area contributed by atoms with E-state index in [0.717, 1.165) is 11.6 Å². The van der Waals surface area contributed by atoms with Crippen molar-refractivity contribution in [3.05, 3.63) is 77.6 Å². The molecule has 0 fully saturated rings. The number of hydrogen-bond acceptors (Lipinski definition) is 5. The molecular formula is C24H21F3N4O3. The van der Waals surface area contributed by atoms with E-state index in [2.05, 4.69) is 15.4 Å². The first-order valence-corrected chi connectivity index (χ1v) is 10.3. The van der Waals surface area contributed by atoms with Gasteiger partial charge >= 0.3 is 6.18 Å². The van der Waals surface area contributed by atoms with E-state index in [4.69, 9.17) is 9.47 Å². The second-order valence-corrected chi connectivity index (χ2v) is 7.39. The van der Waals surface area contributed by atoms with Crippen LogP contribution in [0.4, 0.5) is 13.2 Å². The molecule has 10 heteroatoms. The zero-order chi connectivity index (χ0) is 24.3. The summed E-state index contributed by atoms with van der Waals surface area (Å²) in [4.78, 5) is 16.9. The third kappa shape index (κ3) is 4.80. The van der Waals surface area contributed by atoms with Crippen LogP contribution < -0.4 is 14.8 Å². The number of benzene rings is 2. The number of carbonyl (C=O) groups is 1. The molecule has 0 aliphatic rings. The van der Waals surface area contributed by atoms with Crippen molar-refractivity contribution in [2.75, 3.05) is 20.8 Å². The van der Waals surface area contributed by atoms with Crippen LogP contribution in [0.25, 0.3) is 16.9 Å². The monoisotopic (exact) mass is 470 g/mol. The van der Waals surface area contributed by atoms with Crippen LogP contribution >= 0.6 is 0 Å². The molecule has 2 aromatic carbocycles. The topological polar surface area (TPSA) is 77.8 Å². The number of ether oxygens (including phenoxy) is 2. The molecule has 176 valence electrons. The van der Waals surface area contributed by atoms with Crippen molar-refractivity contribution in [3.8, 4) is 22.8 Å². The normalized spacial score (nSPS) is 11.4. The number of carbonyl (C=O) groups excluding carboxylic acids is 1. The van der Waals surface area contributed by atoms with Gasteiger partial charge in [0.15, 0.2) is 28.5 Å². The van der Waals surface area contributed by atoms with Crippen LogP contribution in [-0.4, -0.2) is 41.3 Å². The Kier molecular flexibility index (Phi) is 6.40. The summed E-state index contributed by atoms with van der Waals surface area (Å²) in [7, 11) is 2.89. The summed E-state index contributed by atoms with van der Waals surface area (Å²) in [6.07, 6.45) is -4.14. The van der Waals surface area contributed by atoms with Gasteiger partial charge < -0.3 is 14.8 Å². The van der Waals surface area contributed by atoms with E-state index >= 15 is 0 Å². The number of nitrogens with one attached hydrogen (secondary N) is 1. The summed E-state index contributed by atoms with van der Waals surface area (Å²) < 4.78 is 52.6. The summed E-state index contributed by atoms with van der Waals surface area (Å²) in [5.74, 6) is 0.201. The highest BCUT2D eigenvalue weighted by Gasteiger charge is 2.35. The highest BCUT2D eigenvalue weighted by molar-refractivity contribution is 5.93. The van der Waals surface area contributed by atoms with Crippen molar-refractivity contribution in [3.63, 3.8) is 0 Å². The summed E-state index contributed by atoms with van der Waals surface area (Å²) in [5.41, 5.74) is 0.157. The minimum Gasteiger partial charge on any atom is -0.493 e. The zero-order valence-corrected chi connectivity index (χ0v) is 18.4. The number of amides is 1. The van der Waals surface area contributed by atoms with Gasteiger partial charge in [-0.3, -0.25) is 4.79 Å². The van der Waals surface area contributed by atoms with Gasteiger partial charge in [-0.05, 0) is 36.2 Å². The molecule has 0 atom stereocenters. The molecule has 7 nitrogen and oxygen atoms in total.